The van der Waals surface area contributed by atoms with Crippen LogP contribution in [0.5, 0.6) is 0 Å². The zero-order valence-corrected chi connectivity index (χ0v) is 12.6. The molecule has 3 aliphatic rings. The molecule has 2 aliphatic heterocycles. The van der Waals surface area contributed by atoms with Crippen molar-refractivity contribution in [2.75, 3.05) is 45.9 Å². The molecule has 6 heteroatoms. The minimum Gasteiger partial charge on any atom is -0.378 e. The number of nitrogens with one attached hydrogen (secondary N) is 1. The molecule has 0 bridgehead atoms. The Morgan fingerprint density at radius 1 is 1.24 bits per heavy atom. The number of carbonyl (C=O) groups is 2. The molecule has 2 heterocycles. The fourth-order valence-electron chi connectivity index (χ4n) is 3.24. The summed E-state index contributed by atoms with van der Waals surface area (Å²) in [5.41, 5.74) is 0. The molecule has 1 aliphatic carbocycles. The predicted octanol–water partition coefficient (Wildman–Crippen LogP) is -0.164. The Morgan fingerprint density at radius 2 is 2.00 bits per heavy atom. The van der Waals surface area contributed by atoms with E-state index in [-0.39, 0.29) is 24.3 Å². The van der Waals surface area contributed by atoms with Crippen LogP contribution in [0.3, 0.4) is 0 Å². The van der Waals surface area contributed by atoms with E-state index in [9.17, 15) is 9.59 Å². The van der Waals surface area contributed by atoms with E-state index in [0.29, 0.717) is 32.2 Å². The van der Waals surface area contributed by atoms with Crippen molar-refractivity contribution in [3.63, 3.8) is 0 Å². The standard InChI is InChI=1S/C15H25N3O3/c19-14(17-6-8-21-9-7-17)10-13-15(20)18(5-4-16-13)11-12-2-1-3-12/h12-13,16H,1-11H2. The van der Waals surface area contributed by atoms with E-state index >= 15 is 0 Å². The van der Waals surface area contributed by atoms with Gasteiger partial charge in [0.1, 0.15) is 0 Å². The Balaban J connectivity index is 1.51. The van der Waals surface area contributed by atoms with Gasteiger partial charge in [-0.25, -0.2) is 0 Å². The minimum absolute atomic E-state index is 0.0645. The maximum atomic E-state index is 12.5. The molecule has 21 heavy (non-hydrogen) atoms. The van der Waals surface area contributed by atoms with Crippen LogP contribution >= 0.6 is 0 Å². The molecule has 1 saturated carbocycles. The van der Waals surface area contributed by atoms with E-state index in [1.165, 1.54) is 19.3 Å². The summed E-state index contributed by atoms with van der Waals surface area (Å²) in [6, 6.07) is -0.339. The molecule has 0 aromatic carbocycles. The number of carbonyl (C=O) groups excluding carboxylic acids is 2. The normalized spacial score (nSPS) is 27.6. The molecule has 1 atom stereocenters. The monoisotopic (exact) mass is 295 g/mol. The molecular weight excluding hydrogens is 270 g/mol. The highest BCUT2D eigenvalue weighted by atomic mass is 16.5. The first-order valence-electron chi connectivity index (χ1n) is 8.12. The molecular formula is C15H25N3O3. The van der Waals surface area contributed by atoms with Crippen LogP contribution in [0, 0.1) is 5.92 Å². The van der Waals surface area contributed by atoms with E-state index in [1.807, 2.05) is 9.80 Å². The molecule has 0 aromatic rings. The topological polar surface area (TPSA) is 61.9 Å². The van der Waals surface area contributed by atoms with Crippen molar-refractivity contribution in [1.82, 2.24) is 15.1 Å². The lowest BCUT2D eigenvalue weighted by Crippen LogP contribution is -2.57. The van der Waals surface area contributed by atoms with E-state index in [1.54, 1.807) is 0 Å². The molecule has 1 N–H and O–H groups in total. The molecule has 2 saturated heterocycles. The molecule has 6 nitrogen and oxygen atoms in total. The smallest absolute Gasteiger partial charge is 0.240 e. The zero-order valence-electron chi connectivity index (χ0n) is 12.6. The molecule has 3 rings (SSSR count). The van der Waals surface area contributed by atoms with Gasteiger partial charge in [0.05, 0.1) is 25.7 Å². The third-order valence-corrected chi connectivity index (χ3v) is 4.83. The summed E-state index contributed by atoms with van der Waals surface area (Å²) >= 11 is 0. The molecule has 0 aromatic heterocycles. The largest absolute Gasteiger partial charge is 0.378 e. The lowest BCUT2D eigenvalue weighted by Gasteiger charge is -2.38. The van der Waals surface area contributed by atoms with Crippen molar-refractivity contribution in [3.8, 4) is 0 Å². The summed E-state index contributed by atoms with van der Waals surface area (Å²) in [5, 5.41) is 3.21. The van der Waals surface area contributed by atoms with Crippen molar-refractivity contribution < 1.29 is 14.3 Å². The summed E-state index contributed by atoms with van der Waals surface area (Å²) < 4.78 is 5.26. The van der Waals surface area contributed by atoms with Crippen LogP contribution in [0.4, 0.5) is 0 Å². The highest BCUT2D eigenvalue weighted by Crippen LogP contribution is 2.27. The van der Waals surface area contributed by atoms with Gasteiger partial charge in [-0.3, -0.25) is 9.59 Å². The fourth-order valence-corrected chi connectivity index (χ4v) is 3.24. The maximum absolute atomic E-state index is 12.5. The quantitative estimate of drug-likeness (QED) is 0.782. The van der Waals surface area contributed by atoms with Gasteiger partial charge in [-0.1, -0.05) is 6.42 Å². The van der Waals surface area contributed by atoms with Crippen molar-refractivity contribution in [3.05, 3.63) is 0 Å². The van der Waals surface area contributed by atoms with Gasteiger partial charge in [0, 0.05) is 32.7 Å². The van der Waals surface area contributed by atoms with Crippen molar-refractivity contribution in [1.29, 1.82) is 0 Å². The number of piperazine rings is 1. The van der Waals surface area contributed by atoms with Gasteiger partial charge in [-0.15, -0.1) is 0 Å². The van der Waals surface area contributed by atoms with Crippen LogP contribution in [0.15, 0.2) is 0 Å². The van der Waals surface area contributed by atoms with Crippen molar-refractivity contribution in [2.24, 2.45) is 5.92 Å². The van der Waals surface area contributed by atoms with Gasteiger partial charge in [-0.2, -0.15) is 0 Å². The molecule has 2 amide bonds. The van der Waals surface area contributed by atoms with E-state index in [0.717, 1.165) is 19.6 Å². The Morgan fingerprint density at radius 3 is 2.67 bits per heavy atom. The van der Waals surface area contributed by atoms with Crippen LogP contribution in [0.25, 0.3) is 0 Å². The highest BCUT2D eigenvalue weighted by Gasteiger charge is 2.33. The van der Waals surface area contributed by atoms with Gasteiger partial charge in [0.15, 0.2) is 0 Å². The Bertz CT molecular complexity index is 392. The van der Waals surface area contributed by atoms with Crippen molar-refractivity contribution >= 4 is 11.8 Å². The molecule has 3 fully saturated rings. The Hall–Kier alpha value is -1.14. The van der Waals surface area contributed by atoms with Gasteiger partial charge in [-0.05, 0) is 18.8 Å². The summed E-state index contributed by atoms with van der Waals surface area (Å²) in [6.07, 6.45) is 4.06. The average molecular weight is 295 g/mol. The second kappa shape index (κ2) is 6.75. The Labute approximate surface area is 125 Å². The third kappa shape index (κ3) is 3.55. The number of ether oxygens (including phenoxy) is 1. The predicted molar refractivity (Wildman–Crippen MR) is 77.7 cm³/mol. The first kappa shape index (κ1) is 14.8. The summed E-state index contributed by atoms with van der Waals surface area (Å²) in [5.74, 6) is 0.854. The van der Waals surface area contributed by atoms with Crippen LogP contribution in [-0.2, 0) is 14.3 Å². The summed E-state index contributed by atoms with van der Waals surface area (Å²) in [7, 11) is 0. The lowest BCUT2D eigenvalue weighted by molar-refractivity contribution is -0.143. The zero-order chi connectivity index (χ0) is 14.7. The number of morpholine rings is 1. The Kier molecular flexibility index (Phi) is 4.75. The molecule has 0 radical (unpaired) electrons. The second-order valence-electron chi connectivity index (χ2n) is 6.29. The van der Waals surface area contributed by atoms with Gasteiger partial charge < -0.3 is 19.9 Å². The molecule has 118 valence electrons. The summed E-state index contributed by atoms with van der Waals surface area (Å²) in [6.45, 7) is 4.94. The van der Waals surface area contributed by atoms with Gasteiger partial charge in [0.25, 0.3) is 0 Å². The fraction of sp³-hybridized carbons (Fsp3) is 0.867. The number of nitrogens with zero attached hydrogens (tertiary/aromatic N) is 2. The minimum atomic E-state index is -0.339. The second-order valence-corrected chi connectivity index (χ2v) is 6.29. The van der Waals surface area contributed by atoms with Crippen LogP contribution in [0.2, 0.25) is 0 Å². The SMILES string of the molecule is O=C(CC1NCCN(CC2CCC2)C1=O)N1CCOCC1. The third-order valence-electron chi connectivity index (χ3n) is 4.83. The van der Waals surface area contributed by atoms with Crippen molar-refractivity contribution in [2.45, 2.75) is 31.7 Å². The number of amides is 2. The van der Waals surface area contributed by atoms with E-state index in [4.69, 9.17) is 4.74 Å². The number of hydrogen-bond donors (Lipinski definition) is 1. The van der Waals surface area contributed by atoms with Crippen LogP contribution in [0.1, 0.15) is 25.7 Å². The summed E-state index contributed by atoms with van der Waals surface area (Å²) in [4.78, 5) is 28.5. The average Bonchev–Trinajstić information content (AvgIpc) is 2.47. The van der Waals surface area contributed by atoms with Gasteiger partial charge in [0.2, 0.25) is 11.8 Å². The number of hydrogen-bond acceptors (Lipinski definition) is 4. The number of rotatable bonds is 4. The van der Waals surface area contributed by atoms with Gasteiger partial charge >= 0.3 is 0 Å². The lowest BCUT2D eigenvalue weighted by atomic mass is 9.85. The van der Waals surface area contributed by atoms with E-state index in [2.05, 4.69) is 5.32 Å². The first-order chi connectivity index (χ1) is 10.2. The first-order valence-corrected chi connectivity index (χ1v) is 8.12. The van der Waals surface area contributed by atoms with Crippen LogP contribution < -0.4 is 5.32 Å². The molecule has 1 unspecified atom stereocenters. The van der Waals surface area contributed by atoms with E-state index < -0.39 is 0 Å². The van der Waals surface area contributed by atoms with Crippen LogP contribution in [-0.4, -0.2) is 73.6 Å². The highest BCUT2D eigenvalue weighted by molar-refractivity contribution is 5.89. The maximum Gasteiger partial charge on any atom is 0.240 e. The molecule has 0 spiro atoms.